The molecule has 2 rings (SSSR count). The van der Waals surface area contributed by atoms with Crippen molar-refractivity contribution in [3.05, 3.63) is 71.3 Å². The molecule has 23 heavy (non-hydrogen) atoms. The number of hydrogen-bond acceptors (Lipinski definition) is 3. The van der Waals surface area contributed by atoms with Crippen LogP contribution in [0.15, 0.2) is 54.6 Å². The number of nitrogens with one attached hydrogen (secondary N) is 1. The fourth-order valence-electron chi connectivity index (χ4n) is 2.56. The monoisotopic (exact) mass is 308 g/mol. The van der Waals surface area contributed by atoms with Crippen LogP contribution in [0.5, 0.6) is 0 Å². The summed E-state index contributed by atoms with van der Waals surface area (Å²) in [5.41, 5.74) is 2.66. The number of nitrogens with zero attached hydrogens (tertiary/aromatic N) is 1. The predicted molar refractivity (Wildman–Crippen MR) is 93.0 cm³/mol. The summed E-state index contributed by atoms with van der Waals surface area (Å²) in [6, 6.07) is 19.8. The van der Waals surface area contributed by atoms with E-state index in [2.05, 4.69) is 56.4 Å². The average Bonchev–Trinajstić information content (AvgIpc) is 2.60. The van der Waals surface area contributed by atoms with E-state index in [9.17, 15) is 5.11 Å². The van der Waals surface area contributed by atoms with Crippen molar-refractivity contribution in [1.29, 1.82) is 5.26 Å². The minimum Gasteiger partial charge on any atom is -0.387 e. The summed E-state index contributed by atoms with van der Waals surface area (Å²) in [6.45, 7) is 7.02. The van der Waals surface area contributed by atoms with Crippen molar-refractivity contribution < 1.29 is 5.11 Å². The van der Waals surface area contributed by atoms with Gasteiger partial charge in [0.25, 0.3) is 0 Å². The van der Waals surface area contributed by atoms with E-state index in [1.54, 1.807) is 24.3 Å². The molecule has 120 valence electrons. The smallest absolute Gasteiger partial charge is 0.0991 e. The Morgan fingerprint density at radius 3 is 2.26 bits per heavy atom. The molecule has 3 heteroatoms. The average molecular weight is 308 g/mol. The first-order chi connectivity index (χ1) is 10.9. The van der Waals surface area contributed by atoms with Crippen molar-refractivity contribution in [1.82, 2.24) is 5.32 Å². The van der Waals surface area contributed by atoms with E-state index in [0.717, 1.165) is 5.56 Å². The van der Waals surface area contributed by atoms with Crippen LogP contribution in [0.2, 0.25) is 0 Å². The molecule has 0 radical (unpaired) electrons. The van der Waals surface area contributed by atoms with Gasteiger partial charge in [0, 0.05) is 18.0 Å². The molecule has 0 heterocycles. The highest BCUT2D eigenvalue weighted by Crippen LogP contribution is 2.27. The van der Waals surface area contributed by atoms with Gasteiger partial charge in [0.1, 0.15) is 0 Å². The van der Waals surface area contributed by atoms with Crippen molar-refractivity contribution in [3.8, 4) is 6.07 Å². The van der Waals surface area contributed by atoms with Crippen molar-refractivity contribution in [2.75, 3.05) is 6.54 Å². The normalized spacial score (nSPS) is 14.0. The van der Waals surface area contributed by atoms with Crippen LogP contribution in [-0.4, -0.2) is 17.7 Å². The highest BCUT2D eigenvalue weighted by Gasteiger charge is 2.27. The van der Waals surface area contributed by atoms with Crippen LogP contribution < -0.4 is 5.32 Å². The standard InChI is InChI=1S/C20H24N2O/c1-15(20(2,3)18-7-5-4-6-8-18)22-14-19(23)17-11-9-16(13-21)10-12-17/h4-12,15,19,22-23H,14H2,1-3H3. The van der Waals surface area contributed by atoms with Crippen molar-refractivity contribution in [2.24, 2.45) is 0 Å². The molecule has 0 amide bonds. The van der Waals surface area contributed by atoms with Gasteiger partial charge in [0.2, 0.25) is 0 Å². The summed E-state index contributed by atoms with van der Waals surface area (Å²) < 4.78 is 0. The summed E-state index contributed by atoms with van der Waals surface area (Å²) in [5, 5.41) is 22.6. The van der Waals surface area contributed by atoms with Gasteiger partial charge in [-0.15, -0.1) is 0 Å². The Balaban J connectivity index is 1.97. The topological polar surface area (TPSA) is 56.0 Å². The lowest BCUT2D eigenvalue weighted by Crippen LogP contribution is -2.44. The zero-order valence-electron chi connectivity index (χ0n) is 14.0. The van der Waals surface area contributed by atoms with Gasteiger partial charge in [-0.1, -0.05) is 56.3 Å². The second kappa shape index (κ2) is 7.41. The predicted octanol–water partition coefficient (Wildman–Crippen LogP) is 3.55. The van der Waals surface area contributed by atoms with Gasteiger partial charge in [0.15, 0.2) is 0 Å². The molecule has 2 unspecified atom stereocenters. The highest BCUT2D eigenvalue weighted by molar-refractivity contribution is 5.32. The zero-order chi connectivity index (χ0) is 16.9. The maximum Gasteiger partial charge on any atom is 0.0991 e. The molecule has 0 aromatic heterocycles. The first kappa shape index (κ1) is 17.2. The summed E-state index contributed by atoms with van der Waals surface area (Å²) in [6.07, 6.45) is -0.586. The molecule has 0 fully saturated rings. The van der Waals surface area contributed by atoms with E-state index in [1.807, 2.05) is 6.07 Å². The maximum absolute atomic E-state index is 10.3. The summed E-state index contributed by atoms with van der Waals surface area (Å²) in [5.74, 6) is 0. The Morgan fingerprint density at radius 1 is 1.09 bits per heavy atom. The lowest BCUT2D eigenvalue weighted by molar-refractivity contribution is 0.164. The Bertz CT molecular complexity index is 656. The molecule has 0 aliphatic carbocycles. The molecule has 2 atom stereocenters. The van der Waals surface area contributed by atoms with Crippen LogP contribution in [-0.2, 0) is 5.41 Å². The molecule has 0 bridgehead atoms. The molecule has 0 saturated carbocycles. The van der Waals surface area contributed by atoms with E-state index in [-0.39, 0.29) is 11.5 Å². The molecule has 2 N–H and O–H groups in total. The second-order valence-corrected chi connectivity index (χ2v) is 6.47. The van der Waals surface area contributed by atoms with Gasteiger partial charge in [-0.2, -0.15) is 5.26 Å². The summed E-state index contributed by atoms with van der Waals surface area (Å²) >= 11 is 0. The molecule has 0 saturated heterocycles. The number of nitriles is 1. The number of hydrogen-bond donors (Lipinski definition) is 2. The van der Waals surface area contributed by atoms with Gasteiger partial charge >= 0.3 is 0 Å². The first-order valence-corrected chi connectivity index (χ1v) is 7.92. The van der Waals surface area contributed by atoms with E-state index in [1.165, 1.54) is 5.56 Å². The molecule has 0 aliphatic rings. The number of rotatable bonds is 6. The third kappa shape index (κ3) is 4.19. The zero-order valence-corrected chi connectivity index (χ0v) is 14.0. The molecule has 3 nitrogen and oxygen atoms in total. The van der Waals surface area contributed by atoms with Crippen molar-refractivity contribution in [2.45, 2.75) is 38.3 Å². The third-order valence-electron chi connectivity index (χ3n) is 4.64. The fourth-order valence-corrected chi connectivity index (χ4v) is 2.56. The van der Waals surface area contributed by atoms with Gasteiger partial charge in [-0.25, -0.2) is 0 Å². The number of aliphatic hydroxyl groups is 1. The maximum atomic E-state index is 10.3. The van der Waals surface area contributed by atoms with Crippen molar-refractivity contribution in [3.63, 3.8) is 0 Å². The molecular formula is C20H24N2O. The quantitative estimate of drug-likeness (QED) is 0.858. The van der Waals surface area contributed by atoms with Gasteiger partial charge in [-0.3, -0.25) is 0 Å². The first-order valence-electron chi connectivity index (χ1n) is 7.92. The minimum atomic E-state index is -0.586. The van der Waals surface area contributed by atoms with Gasteiger partial charge < -0.3 is 10.4 Å². The largest absolute Gasteiger partial charge is 0.387 e. The number of benzene rings is 2. The molecular weight excluding hydrogens is 284 g/mol. The Labute approximate surface area is 138 Å². The van der Waals surface area contributed by atoms with Crippen molar-refractivity contribution >= 4 is 0 Å². The van der Waals surface area contributed by atoms with Crippen LogP contribution in [0.1, 0.15) is 43.6 Å². The number of aliphatic hydroxyl groups excluding tert-OH is 1. The van der Waals surface area contributed by atoms with Crippen LogP contribution in [0, 0.1) is 11.3 Å². The lowest BCUT2D eigenvalue weighted by atomic mass is 9.78. The Hall–Kier alpha value is -2.15. The SMILES string of the molecule is CC(NCC(O)c1ccc(C#N)cc1)C(C)(C)c1ccccc1. The Kier molecular flexibility index (Phi) is 5.54. The third-order valence-corrected chi connectivity index (χ3v) is 4.64. The molecule has 2 aromatic rings. The van der Waals surface area contributed by atoms with E-state index < -0.39 is 6.10 Å². The minimum absolute atomic E-state index is 0.0361. The van der Waals surface area contributed by atoms with E-state index >= 15 is 0 Å². The fraction of sp³-hybridized carbons (Fsp3) is 0.350. The summed E-state index contributed by atoms with van der Waals surface area (Å²) in [7, 11) is 0. The van der Waals surface area contributed by atoms with Gasteiger partial charge in [0.05, 0.1) is 17.7 Å². The van der Waals surface area contributed by atoms with Crippen LogP contribution in [0.4, 0.5) is 0 Å². The highest BCUT2D eigenvalue weighted by atomic mass is 16.3. The second-order valence-electron chi connectivity index (χ2n) is 6.47. The Morgan fingerprint density at radius 2 is 1.70 bits per heavy atom. The molecule has 2 aromatic carbocycles. The molecule has 0 spiro atoms. The van der Waals surface area contributed by atoms with E-state index in [0.29, 0.717) is 12.1 Å². The van der Waals surface area contributed by atoms with E-state index in [4.69, 9.17) is 5.26 Å². The van der Waals surface area contributed by atoms with Crippen LogP contribution >= 0.6 is 0 Å². The van der Waals surface area contributed by atoms with Crippen LogP contribution in [0.25, 0.3) is 0 Å². The molecule has 0 aliphatic heterocycles. The lowest BCUT2D eigenvalue weighted by Gasteiger charge is -2.34. The summed E-state index contributed by atoms with van der Waals surface area (Å²) in [4.78, 5) is 0. The van der Waals surface area contributed by atoms with Gasteiger partial charge in [-0.05, 0) is 30.2 Å². The van der Waals surface area contributed by atoms with Crippen LogP contribution in [0.3, 0.4) is 0 Å².